The van der Waals surface area contributed by atoms with Crippen LogP contribution in [0.2, 0.25) is 0 Å². The lowest BCUT2D eigenvalue weighted by molar-refractivity contribution is -0.152. The number of thioether (sulfide) groups is 1. The summed E-state index contributed by atoms with van der Waals surface area (Å²) in [5.74, 6) is 1.68. The molecule has 1 saturated heterocycles. The predicted molar refractivity (Wildman–Crippen MR) is 93.1 cm³/mol. The third kappa shape index (κ3) is 2.88. The SMILES string of the molecule is COC(=O)[C@H]1CSCN1C(=O)C1(c2ccc(OC)cc2)CCCC1. The first-order valence-electron chi connectivity index (χ1n) is 8.23. The van der Waals surface area contributed by atoms with E-state index < -0.39 is 11.5 Å². The molecule has 1 aliphatic carbocycles. The van der Waals surface area contributed by atoms with Gasteiger partial charge in [0.05, 0.1) is 25.5 Å². The van der Waals surface area contributed by atoms with Crippen LogP contribution in [-0.2, 0) is 19.7 Å². The largest absolute Gasteiger partial charge is 0.497 e. The molecule has 2 fully saturated rings. The molecule has 130 valence electrons. The molecule has 5 nitrogen and oxygen atoms in total. The third-order valence-electron chi connectivity index (χ3n) is 5.13. The number of ether oxygens (including phenoxy) is 2. The molecular formula is C18H23NO4S. The van der Waals surface area contributed by atoms with E-state index in [0.717, 1.165) is 37.0 Å². The average Bonchev–Trinajstić information content (AvgIpc) is 3.30. The molecule has 0 N–H and O–H groups in total. The highest BCUT2D eigenvalue weighted by atomic mass is 32.2. The van der Waals surface area contributed by atoms with Crippen molar-refractivity contribution in [2.24, 2.45) is 0 Å². The second kappa shape index (κ2) is 7.05. The highest BCUT2D eigenvalue weighted by Crippen LogP contribution is 2.44. The molecule has 1 heterocycles. The number of amides is 1. The van der Waals surface area contributed by atoms with Gasteiger partial charge in [0, 0.05) is 5.75 Å². The Labute approximate surface area is 146 Å². The van der Waals surface area contributed by atoms with Gasteiger partial charge in [-0.05, 0) is 30.5 Å². The first-order chi connectivity index (χ1) is 11.6. The molecule has 1 aromatic carbocycles. The normalized spacial score (nSPS) is 22.4. The topological polar surface area (TPSA) is 55.8 Å². The van der Waals surface area contributed by atoms with Crippen LogP contribution in [-0.4, -0.2) is 48.7 Å². The fourth-order valence-corrected chi connectivity index (χ4v) is 4.90. The Hall–Kier alpha value is -1.69. The van der Waals surface area contributed by atoms with Crippen LogP contribution in [0.5, 0.6) is 5.75 Å². The van der Waals surface area contributed by atoms with Crippen LogP contribution >= 0.6 is 11.8 Å². The second-order valence-corrected chi connectivity index (χ2v) is 7.33. The van der Waals surface area contributed by atoms with E-state index in [1.807, 2.05) is 24.3 Å². The predicted octanol–water partition coefficient (Wildman–Crippen LogP) is 2.58. The Bertz CT molecular complexity index is 610. The van der Waals surface area contributed by atoms with Gasteiger partial charge in [-0.2, -0.15) is 0 Å². The first-order valence-corrected chi connectivity index (χ1v) is 9.39. The van der Waals surface area contributed by atoms with E-state index in [2.05, 4.69) is 0 Å². The zero-order valence-corrected chi connectivity index (χ0v) is 14.9. The minimum Gasteiger partial charge on any atom is -0.497 e. The molecule has 1 aromatic rings. The van der Waals surface area contributed by atoms with Gasteiger partial charge in [-0.25, -0.2) is 4.79 Å². The number of nitrogens with zero attached hydrogens (tertiary/aromatic N) is 1. The Kier molecular flexibility index (Phi) is 5.04. The number of rotatable bonds is 4. The van der Waals surface area contributed by atoms with Crippen molar-refractivity contribution in [1.29, 1.82) is 0 Å². The van der Waals surface area contributed by atoms with Crippen molar-refractivity contribution in [2.75, 3.05) is 25.8 Å². The number of hydrogen-bond acceptors (Lipinski definition) is 5. The Morgan fingerprint density at radius 2 is 1.83 bits per heavy atom. The van der Waals surface area contributed by atoms with Gasteiger partial charge in [-0.3, -0.25) is 4.79 Å². The van der Waals surface area contributed by atoms with Crippen molar-refractivity contribution < 1.29 is 19.1 Å². The summed E-state index contributed by atoms with van der Waals surface area (Å²) in [5.41, 5.74) is 0.495. The highest BCUT2D eigenvalue weighted by molar-refractivity contribution is 7.99. The van der Waals surface area contributed by atoms with Crippen molar-refractivity contribution in [2.45, 2.75) is 37.1 Å². The van der Waals surface area contributed by atoms with Gasteiger partial charge < -0.3 is 14.4 Å². The standard InChI is InChI=1S/C18H23NO4S/c1-22-14-7-5-13(6-8-14)18(9-3-4-10-18)17(21)19-12-24-11-15(19)16(20)23-2/h5-8,15H,3-4,9-12H2,1-2H3/t15-/m1/s1. The minimum atomic E-state index is -0.524. The van der Waals surface area contributed by atoms with Gasteiger partial charge in [0.1, 0.15) is 11.8 Å². The van der Waals surface area contributed by atoms with Gasteiger partial charge in [0.2, 0.25) is 5.91 Å². The van der Waals surface area contributed by atoms with Crippen molar-refractivity contribution >= 4 is 23.6 Å². The van der Waals surface area contributed by atoms with Gasteiger partial charge in [0.15, 0.2) is 0 Å². The summed E-state index contributed by atoms with van der Waals surface area (Å²) in [5, 5.41) is 0. The molecule has 2 aliphatic rings. The molecule has 1 amide bonds. The zero-order valence-electron chi connectivity index (χ0n) is 14.1. The molecule has 6 heteroatoms. The van der Waals surface area contributed by atoms with E-state index in [-0.39, 0.29) is 11.9 Å². The van der Waals surface area contributed by atoms with E-state index in [4.69, 9.17) is 9.47 Å². The van der Waals surface area contributed by atoms with E-state index in [1.54, 1.807) is 23.8 Å². The lowest BCUT2D eigenvalue weighted by Gasteiger charge is -2.34. The summed E-state index contributed by atoms with van der Waals surface area (Å²) in [7, 11) is 3.01. The number of benzene rings is 1. The summed E-state index contributed by atoms with van der Waals surface area (Å²) in [6.45, 7) is 0. The molecule has 0 spiro atoms. The second-order valence-electron chi connectivity index (χ2n) is 6.33. The molecule has 1 saturated carbocycles. The number of hydrogen-bond donors (Lipinski definition) is 0. The van der Waals surface area contributed by atoms with Crippen LogP contribution in [0.4, 0.5) is 0 Å². The quantitative estimate of drug-likeness (QED) is 0.782. The third-order valence-corrected chi connectivity index (χ3v) is 6.14. The summed E-state index contributed by atoms with van der Waals surface area (Å²) in [4.78, 5) is 27.2. The molecule has 0 radical (unpaired) electrons. The summed E-state index contributed by atoms with van der Waals surface area (Å²) < 4.78 is 10.1. The molecule has 1 aliphatic heterocycles. The molecular weight excluding hydrogens is 326 g/mol. The van der Waals surface area contributed by atoms with Crippen LogP contribution in [0.3, 0.4) is 0 Å². The van der Waals surface area contributed by atoms with Gasteiger partial charge in [-0.1, -0.05) is 25.0 Å². The number of methoxy groups -OCH3 is 2. The smallest absolute Gasteiger partial charge is 0.329 e. The zero-order chi connectivity index (χ0) is 17.2. The summed E-state index contributed by atoms with van der Waals surface area (Å²) in [6, 6.07) is 7.30. The summed E-state index contributed by atoms with van der Waals surface area (Å²) in [6.07, 6.45) is 3.71. The Morgan fingerprint density at radius 1 is 1.17 bits per heavy atom. The number of carbonyl (C=O) groups is 2. The van der Waals surface area contributed by atoms with Crippen LogP contribution < -0.4 is 4.74 Å². The van der Waals surface area contributed by atoms with Crippen LogP contribution in [0.25, 0.3) is 0 Å². The van der Waals surface area contributed by atoms with Crippen molar-refractivity contribution in [3.05, 3.63) is 29.8 Å². The maximum Gasteiger partial charge on any atom is 0.329 e. The van der Waals surface area contributed by atoms with Crippen LogP contribution in [0, 0.1) is 0 Å². The van der Waals surface area contributed by atoms with Crippen molar-refractivity contribution in [1.82, 2.24) is 4.90 Å². The molecule has 0 unspecified atom stereocenters. The number of carbonyl (C=O) groups excluding carboxylic acids is 2. The molecule has 24 heavy (non-hydrogen) atoms. The van der Waals surface area contributed by atoms with Crippen LogP contribution in [0.1, 0.15) is 31.2 Å². The van der Waals surface area contributed by atoms with E-state index in [0.29, 0.717) is 11.6 Å². The van der Waals surface area contributed by atoms with E-state index >= 15 is 0 Å². The molecule has 0 aromatic heterocycles. The van der Waals surface area contributed by atoms with E-state index in [1.165, 1.54) is 7.11 Å². The van der Waals surface area contributed by atoms with Crippen LogP contribution in [0.15, 0.2) is 24.3 Å². The lowest BCUT2D eigenvalue weighted by Crippen LogP contribution is -2.50. The summed E-state index contributed by atoms with van der Waals surface area (Å²) >= 11 is 1.61. The fraction of sp³-hybridized carbons (Fsp3) is 0.556. The monoisotopic (exact) mass is 349 g/mol. The minimum absolute atomic E-state index is 0.0607. The molecule has 1 atom stereocenters. The fourth-order valence-electron chi connectivity index (χ4n) is 3.76. The Morgan fingerprint density at radius 3 is 2.42 bits per heavy atom. The van der Waals surface area contributed by atoms with Gasteiger partial charge >= 0.3 is 5.97 Å². The van der Waals surface area contributed by atoms with Gasteiger partial charge in [0.25, 0.3) is 0 Å². The molecule has 0 bridgehead atoms. The first kappa shape index (κ1) is 17.1. The Balaban J connectivity index is 1.92. The van der Waals surface area contributed by atoms with Crippen molar-refractivity contribution in [3.63, 3.8) is 0 Å². The lowest BCUT2D eigenvalue weighted by atomic mass is 9.77. The van der Waals surface area contributed by atoms with Gasteiger partial charge in [-0.15, -0.1) is 11.8 Å². The molecule has 3 rings (SSSR count). The average molecular weight is 349 g/mol. The van der Waals surface area contributed by atoms with E-state index in [9.17, 15) is 9.59 Å². The maximum absolute atomic E-state index is 13.4. The highest BCUT2D eigenvalue weighted by Gasteiger charge is 2.48. The maximum atomic E-state index is 13.4. The van der Waals surface area contributed by atoms with Crippen molar-refractivity contribution in [3.8, 4) is 5.75 Å². The number of esters is 1.